The van der Waals surface area contributed by atoms with Crippen LogP contribution in [0.3, 0.4) is 0 Å². The van der Waals surface area contributed by atoms with Gasteiger partial charge in [-0.05, 0) is 44.5 Å². The summed E-state index contributed by atoms with van der Waals surface area (Å²) in [6.07, 6.45) is 3.86. The minimum Gasteiger partial charge on any atom is -0.378 e. The van der Waals surface area contributed by atoms with Gasteiger partial charge in [-0.15, -0.1) is 0 Å². The van der Waals surface area contributed by atoms with Gasteiger partial charge in [-0.3, -0.25) is 9.69 Å². The van der Waals surface area contributed by atoms with Gasteiger partial charge in [-0.1, -0.05) is 17.8 Å². The van der Waals surface area contributed by atoms with Crippen molar-refractivity contribution >= 4 is 32.6 Å². The first kappa shape index (κ1) is 18.7. The van der Waals surface area contributed by atoms with Gasteiger partial charge in [0, 0.05) is 37.8 Å². The smallest absolute Gasteiger partial charge is 0.251 e. The number of hydrogen-bond donors (Lipinski definition) is 1. The van der Waals surface area contributed by atoms with Crippen molar-refractivity contribution in [1.29, 1.82) is 0 Å². The molecule has 0 aliphatic carbocycles. The molecule has 1 unspecified atom stereocenters. The molecule has 1 atom stereocenters. The number of carbonyl (C=O) groups is 1. The van der Waals surface area contributed by atoms with E-state index in [4.69, 9.17) is 9.72 Å². The van der Waals surface area contributed by atoms with Crippen LogP contribution in [0, 0.1) is 0 Å². The monoisotopic (exact) mass is 388 g/mol. The van der Waals surface area contributed by atoms with Gasteiger partial charge in [0.1, 0.15) is 0 Å². The molecule has 146 valence electrons. The molecule has 4 rings (SSSR count). The third-order valence-electron chi connectivity index (χ3n) is 5.55. The fourth-order valence-electron chi connectivity index (χ4n) is 3.85. The Labute approximate surface area is 164 Å². The Bertz CT molecular complexity index is 787. The van der Waals surface area contributed by atoms with Crippen molar-refractivity contribution in [2.75, 3.05) is 50.8 Å². The number of nitrogens with zero attached hydrogens (tertiary/aromatic N) is 3. The number of aromatic nitrogens is 1. The van der Waals surface area contributed by atoms with Crippen LogP contribution in [0.25, 0.3) is 10.2 Å². The minimum atomic E-state index is 0.00267. The lowest BCUT2D eigenvalue weighted by molar-refractivity contribution is 0.0938. The normalized spacial score (nSPS) is 21.5. The molecule has 1 amide bonds. The van der Waals surface area contributed by atoms with Crippen molar-refractivity contribution in [2.24, 2.45) is 0 Å². The number of piperidine rings is 1. The van der Waals surface area contributed by atoms with Gasteiger partial charge in [0.2, 0.25) is 0 Å². The van der Waals surface area contributed by atoms with Gasteiger partial charge in [0.05, 0.1) is 23.4 Å². The van der Waals surface area contributed by atoms with E-state index in [0.29, 0.717) is 18.2 Å². The first-order valence-corrected chi connectivity index (χ1v) is 10.8. The molecule has 2 saturated heterocycles. The summed E-state index contributed by atoms with van der Waals surface area (Å²) < 4.78 is 6.48. The Morgan fingerprint density at radius 3 is 2.96 bits per heavy atom. The SMILES string of the molecule is CC1CCCCN1CCNC(=O)c1ccc2nc(N3CCOCC3)sc2c1. The molecule has 1 aromatic heterocycles. The zero-order valence-electron chi connectivity index (χ0n) is 15.9. The fraction of sp³-hybridized carbons (Fsp3) is 0.600. The van der Waals surface area contributed by atoms with Gasteiger partial charge in [0.15, 0.2) is 5.13 Å². The molecule has 27 heavy (non-hydrogen) atoms. The first-order valence-electron chi connectivity index (χ1n) is 9.96. The fourth-order valence-corrected chi connectivity index (χ4v) is 4.90. The zero-order valence-corrected chi connectivity index (χ0v) is 16.8. The Morgan fingerprint density at radius 2 is 2.15 bits per heavy atom. The summed E-state index contributed by atoms with van der Waals surface area (Å²) in [4.78, 5) is 22.0. The van der Waals surface area contributed by atoms with Crippen molar-refractivity contribution < 1.29 is 9.53 Å². The van der Waals surface area contributed by atoms with Gasteiger partial charge in [-0.2, -0.15) is 0 Å². The van der Waals surface area contributed by atoms with Gasteiger partial charge in [0.25, 0.3) is 5.91 Å². The number of benzene rings is 1. The van der Waals surface area contributed by atoms with Gasteiger partial charge >= 0.3 is 0 Å². The summed E-state index contributed by atoms with van der Waals surface area (Å²) in [5.74, 6) is 0.00267. The van der Waals surface area contributed by atoms with Crippen LogP contribution < -0.4 is 10.2 Å². The molecule has 2 aromatic rings. The summed E-state index contributed by atoms with van der Waals surface area (Å²) in [6, 6.07) is 6.43. The predicted octanol–water partition coefficient (Wildman–Crippen LogP) is 2.74. The number of ether oxygens (including phenoxy) is 1. The molecule has 1 N–H and O–H groups in total. The second-order valence-corrected chi connectivity index (χ2v) is 8.42. The highest BCUT2D eigenvalue weighted by atomic mass is 32.1. The largest absolute Gasteiger partial charge is 0.378 e. The first-order chi connectivity index (χ1) is 13.2. The molecule has 2 aliphatic heterocycles. The van der Waals surface area contributed by atoms with Crippen LogP contribution in [-0.4, -0.2) is 67.8 Å². The van der Waals surface area contributed by atoms with Crippen LogP contribution in [0.5, 0.6) is 0 Å². The summed E-state index contributed by atoms with van der Waals surface area (Å²) >= 11 is 1.65. The number of morpholine rings is 1. The highest BCUT2D eigenvalue weighted by Crippen LogP contribution is 2.30. The van der Waals surface area contributed by atoms with Crippen LogP contribution in [0.15, 0.2) is 18.2 Å². The Kier molecular flexibility index (Phi) is 5.90. The Morgan fingerprint density at radius 1 is 1.30 bits per heavy atom. The molecule has 0 radical (unpaired) electrons. The molecule has 1 aromatic carbocycles. The summed E-state index contributed by atoms with van der Waals surface area (Å²) in [6.45, 7) is 8.31. The van der Waals surface area contributed by atoms with Crippen LogP contribution in [-0.2, 0) is 4.74 Å². The quantitative estimate of drug-likeness (QED) is 0.854. The summed E-state index contributed by atoms with van der Waals surface area (Å²) in [5, 5.41) is 4.10. The second-order valence-electron chi connectivity index (χ2n) is 7.42. The van der Waals surface area contributed by atoms with E-state index in [-0.39, 0.29) is 5.91 Å². The molecule has 0 spiro atoms. The van der Waals surface area contributed by atoms with E-state index < -0.39 is 0 Å². The standard InChI is InChI=1S/C20H28N4O2S/c1-15-4-2-3-8-23(15)9-7-21-19(25)16-5-6-17-18(14-16)27-20(22-17)24-10-12-26-13-11-24/h5-6,14-15H,2-4,7-13H2,1H3,(H,21,25). The van der Waals surface area contributed by atoms with E-state index in [2.05, 4.69) is 22.0 Å². The number of nitrogens with one attached hydrogen (secondary N) is 1. The number of anilines is 1. The topological polar surface area (TPSA) is 57.7 Å². The van der Waals surface area contributed by atoms with Crippen LogP contribution in [0.2, 0.25) is 0 Å². The third-order valence-corrected chi connectivity index (χ3v) is 6.63. The average Bonchev–Trinajstić information content (AvgIpc) is 3.13. The number of hydrogen-bond acceptors (Lipinski definition) is 6. The van der Waals surface area contributed by atoms with Gasteiger partial charge < -0.3 is 15.0 Å². The van der Waals surface area contributed by atoms with Crippen molar-refractivity contribution in [3.8, 4) is 0 Å². The van der Waals surface area contributed by atoms with E-state index in [9.17, 15) is 4.79 Å². The van der Waals surface area contributed by atoms with Crippen molar-refractivity contribution in [3.05, 3.63) is 23.8 Å². The van der Waals surface area contributed by atoms with E-state index in [1.165, 1.54) is 19.3 Å². The average molecular weight is 389 g/mol. The maximum Gasteiger partial charge on any atom is 0.251 e. The molecule has 2 aliphatic rings. The molecule has 0 bridgehead atoms. The number of thiazole rings is 1. The van der Waals surface area contributed by atoms with E-state index >= 15 is 0 Å². The Hall–Kier alpha value is -1.70. The summed E-state index contributed by atoms with van der Waals surface area (Å²) in [5.41, 5.74) is 1.67. The summed E-state index contributed by atoms with van der Waals surface area (Å²) in [7, 11) is 0. The van der Waals surface area contributed by atoms with Gasteiger partial charge in [-0.25, -0.2) is 4.98 Å². The number of rotatable bonds is 5. The van der Waals surface area contributed by atoms with Crippen molar-refractivity contribution in [1.82, 2.24) is 15.2 Å². The maximum absolute atomic E-state index is 12.5. The highest BCUT2D eigenvalue weighted by molar-refractivity contribution is 7.22. The Balaban J connectivity index is 1.36. The number of fused-ring (bicyclic) bond motifs is 1. The minimum absolute atomic E-state index is 0.00267. The van der Waals surface area contributed by atoms with Crippen LogP contribution in [0.1, 0.15) is 36.5 Å². The number of amides is 1. The van der Waals surface area contributed by atoms with E-state index in [0.717, 1.165) is 54.7 Å². The highest BCUT2D eigenvalue weighted by Gasteiger charge is 2.18. The third kappa shape index (κ3) is 4.42. The molecule has 6 nitrogen and oxygen atoms in total. The lowest BCUT2D eigenvalue weighted by atomic mass is 10.0. The maximum atomic E-state index is 12.5. The molecule has 7 heteroatoms. The lowest BCUT2D eigenvalue weighted by Gasteiger charge is -2.33. The van der Waals surface area contributed by atoms with E-state index in [1.54, 1.807) is 11.3 Å². The molecule has 3 heterocycles. The van der Waals surface area contributed by atoms with Crippen molar-refractivity contribution in [3.63, 3.8) is 0 Å². The zero-order chi connectivity index (χ0) is 18.6. The molecule has 2 fully saturated rings. The molecular weight excluding hydrogens is 360 g/mol. The predicted molar refractivity (Wildman–Crippen MR) is 110 cm³/mol. The van der Waals surface area contributed by atoms with E-state index in [1.807, 2.05) is 18.2 Å². The second kappa shape index (κ2) is 8.54. The van der Waals surface area contributed by atoms with Crippen LogP contribution >= 0.6 is 11.3 Å². The van der Waals surface area contributed by atoms with Crippen LogP contribution in [0.4, 0.5) is 5.13 Å². The lowest BCUT2D eigenvalue weighted by Crippen LogP contribution is -2.42. The van der Waals surface area contributed by atoms with Crippen molar-refractivity contribution in [2.45, 2.75) is 32.2 Å². The number of carbonyl (C=O) groups excluding carboxylic acids is 1. The molecule has 0 saturated carbocycles. The number of likely N-dealkylation sites (tertiary alicyclic amines) is 1. The molecular formula is C20H28N4O2S.